The lowest BCUT2D eigenvalue weighted by molar-refractivity contribution is -0.385. The SMILES string of the molecule is O=C(CCc1cnn(-c2ccccc2)c1)N(Cc1ccccc1[N+](=O)[O-])CC(F)(F)F. The van der Waals surface area contributed by atoms with Gasteiger partial charge in [-0.15, -0.1) is 0 Å². The Labute approximate surface area is 175 Å². The molecule has 0 N–H and O–H groups in total. The van der Waals surface area contributed by atoms with E-state index in [2.05, 4.69) is 5.10 Å². The summed E-state index contributed by atoms with van der Waals surface area (Å²) in [5, 5.41) is 15.4. The molecule has 0 aliphatic heterocycles. The first kappa shape index (κ1) is 22.0. The number of alkyl halides is 3. The first-order valence-corrected chi connectivity index (χ1v) is 9.39. The van der Waals surface area contributed by atoms with Gasteiger partial charge in [0, 0.05) is 24.2 Å². The van der Waals surface area contributed by atoms with Crippen molar-refractivity contribution in [1.82, 2.24) is 14.7 Å². The van der Waals surface area contributed by atoms with E-state index >= 15 is 0 Å². The average molecular weight is 432 g/mol. The highest BCUT2D eigenvalue weighted by Crippen LogP contribution is 2.24. The highest BCUT2D eigenvalue weighted by molar-refractivity contribution is 5.76. The van der Waals surface area contributed by atoms with Gasteiger partial charge in [0.1, 0.15) is 6.54 Å². The fraction of sp³-hybridized carbons (Fsp3) is 0.238. The van der Waals surface area contributed by atoms with Gasteiger partial charge in [-0.1, -0.05) is 36.4 Å². The number of nitro benzene ring substituents is 1. The zero-order chi connectivity index (χ0) is 22.4. The maximum Gasteiger partial charge on any atom is 0.406 e. The van der Waals surface area contributed by atoms with Crippen LogP contribution in [0, 0.1) is 10.1 Å². The van der Waals surface area contributed by atoms with Crippen molar-refractivity contribution in [3.63, 3.8) is 0 Å². The van der Waals surface area contributed by atoms with E-state index in [0.717, 1.165) is 5.69 Å². The second kappa shape index (κ2) is 9.41. The van der Waals surface area contributed by atoms with Gasteiger partial charge in [0.15, 0.2) is 0 Å². The maximum absolute atomic E-state index is 13.0. The summed E-state index contributed by atoms with van der Waals surface area (Å²) in [5.41, 5.74) is 1.22. The van der Waals surface area contributed by atoms with Gasteiger partial charge in [0.2, 0.25) is 5.91 Å². The predicted octanol–water partition coefficient (Wildman–Crippen LogP) is 4.30. The molecule has 10 heteroatoms. The van der Waals surface area contributed by atoms with Crippen LogP contribution in [0.2, 0.25) is 0 Å². The average Bonchev–Trinajstić information content (AvgIpc) is 3.20. The highest BCUT2D eigenvalue weighted by atomic mass is 19.4. The van der Waals surface area contributed by atoms with Gasteiger partial charge in [-0.2, -0.15) is 18.3 Å². The number of aromatic nitrogens is 2. The number of aryl methyl sites for hydroxylation is 1. The minimum atomic E-state index is -4.63. The number of rotatable bonds is 8. The van der Waals surface area contributed by atoms with E-state index in [1.165, 1.54) is 24.3 Å². The van der Waals surface area contributed by atoms with Crippen LogP contribution in [0.25, 0.3) is 5.69 Å². The first-order valence-electron chi connectivity index (χ1n) is 9.39. The summed E-state index contributed by atoms with van der Waals surface area (Å²) >= 11 is 0. The number of nitrogens with zero attached hydrogens (tertiary/aromatic N) is 4. The van der Waals surface area contributed by atoms with Crippen LogP contribution >= 0.6 is 0 Å². The van der Waals surface area contributed by atoms with Gasteiger partial charge in [0.05, 0.1) is 23.4 Å². The Balaban J connectivity index is 1.71. The van der Waals surface area contributed by atoms with Gasteiger partial charge in [0.25, 0.3) is 5.69 Å². The molecule has 0 atom stereocenters. The number of carbonyl (C=O) groups is 1. The lowest BCUT2D eigenvalue weighted by Gasteiger charge is -2.24. The normalized spacial score (nSPS) is 11.3. The number of nitro groups is 1. The third-order valence-corrected chi connectivity index (χ3v) is 4.56. The van der Waals surface area contributed by atoms with E-state index < -0.39 is 30.1 Å². The molecule has 0 fully saturated rings. The number of benzene rings is 2. The van der Waals surface area contributed by atoms with Crippen molar-refractivity contribution in [1.29, 1.82) is 0 Å². The van der Waals surface area contributed by atoms with E-state index in [-0.39, 0.29) is 24.1 Å². The Morgan fingerprint density at radius 3 is 2.45 bits per heavy atom. The molecule has 162 valence electrons. The van der Waals surface area contributed by atoms with Crippen LogP contribution in [0.1, 0.15) is 17.5 Å². The van der Waals surface area contributed by atoms with Crippen LogP contribution in [-0.2, 0) is 17.8 Å². The van der Waals surface area contributed by atoms with Crippen molar-refractivity contribution < 1.29 is 22.9 Å². The topological polar surface area (TPSA) is 81.3 Å². The number of hydrogen-bond donors (Lipinski definition) is 0. The molecular formula is C21H19F3N4O3. The van der Waals surface area contributed by atoms with Crippen LogP contribution in [0.15, 0.2) is 67.0 Å². The quantitative estimate of drug-likeness (QED) is 0.393. The molecule has 0 unspecified atom stereocenters. The third kappa shape index (κ3) is 6.14. The largest absolute Gasteiger partial charge is 0.406 e. The molecular weight excluding hydrogens is 413 g/mol. The number of hydrogen-bond acceptors (Lipinski definition) is 4. The zero-order valence-electron chi connectivity index (χ0n) is 16.3. The summed E-state index contributed by atoms with van der Waals surface area (Å²) in [6.07, 6.45) is -1.36. The van der Waals surface area contributed by atoms with E-state index in [1.54, 1.807) is 17.1 Å². The molecule has 31 heavy (non-hydrogen) atoms. The second-order valence-electron chi connectivity index (χ2n) is 6.88. The Bertz CT molecular complexity index is 1050. The van der Waals surface area contributed by atoms with Crippen LogP contribution in [0.4, 0.5) is 18.9 Å². The van der Waals surface area contributed by atoms with Crippen molar-refractivity contribution in [2.24, 2.45) is 0 Å². The molecule has 2 aromatic carbocycles. The lowest BCUT2D eigenvalue weighted by atomic mass is 10.1. The first-order chi connectivity index (χ1) is 14.7. The smallest absolute Gasteiger partial charge is 0.329 e. The zero-order valence-corrected chi connectivity index (χ0v) is 16.3. The number of amides is 1. The van der Waals surface area contributed by atoms with Crippen molar-refractivity contribution >= 4 is 11.6 Å². The van der Waals surface area contributed by atoms with Crippen LogP contribution in [-0.4, -0.2) is 38.2 Å². The van der Waals surface area contributed by atoms with Gasteiger partial charge in [-0.05, 0) is 24.1 Å². The molecule has 0 aliphatic rings. The second-order valence-corrected chi connectivity index (χ2v) is 6.88. The number of halogens is 3. The fourth-order valence-corrected chi connectivity index (χ4v) is 3.10. The molecule has 0 radical (unpaired) electrons. The minimum absolute atomic E-state index is 0.0435. The van der Waals surface area contributed by atoms with Crippen molar-refractivity contribution in [3.8, 4) is 5.69 Å². The Morgan fingerprint density at radius 1 is 1.10 bits per heavy atom. The minimum Gasteiger partial charge on any atom is -0.329 e. The van der Waals surface area contributed by atoms with Crippen LogP contribution in [0.3, 0.4) is 0 Å². The molecule has 0 aliphatic carbocycles. The Morgan fingerprint density at radius 2 is 1.77 bits per heavy atom. The molecule has 7 nitrogen and oxygen atoms in total. The van der Waals surface area contributed by atoms with Gasteiger partial charge < -0.3 is 4.90 Å². The van der Waals surface area contributed by atoms with Crippen LogP contribution in [0.5, 0.6) is 0 Å². The standard InChI is InChI=1S/C21H19F3N4O3/c22-21(23,24)15-26(14-17-6-4-5-9-19(17)28(30)31)20(29)11-10-16-12-25-27(13-16)18-7-2-1-3-8-18/h1-9,12-13H,10-11,14-15H2. The lowest BCUT2D eigenvalue weighted by Crippen LogP contribution is -2.38. The predicted molar refractivity (Wildman–Crippen MR) is 106 cm³/mol. The molecule has 0 bridgehead atoms. The van der Waals surface area contributed by atoms with E-state index in [0.29, 0.717) is 10.5 Å². The number of carbonyl (C=O) groups excluding carboxylic acids is 1. The van der Waals surface area contributed by atoms with Crippen LogP contribution < -0.4 is 0 Å². The molecule has 0 spiro atoms. The van der Waals surface area contributed by atoms with E-state index in [9.17, 15) is 28.1 Å². The molecule has 0 saturated carbocycles. The van der Waals surface area contributed by atoms with Crippen molar-refractivity contribution in [2.75, 3.05) is 6.54 Å². The summed E-state index contributed by atoms with van der Waals surface area (Å²) in [4.78, 5) is 23.7. The fourth-order valence-electron chi connectivity index (χ4n) is 3.10. The molecule has 3 rings (SSSR count). The maximum atomic E-state index is 13.0. The molecule has 3 aromatic rings. The van der Waals surface area contributed by atoms with Crippen molar-refractivity contribution in [2.45, 2.75) is 25.6 Å². The van der Waals surface area contributed by atoms with Gasteiger partial charge >= 0.3 is 6.18 Å². The van der Waals surface area contributed by atoms with Gasteiger partial charge in [-0.3, -0.25) is 14.9 Å². The monoisotopic (exact) mass is 432 g/mol. The molecule has 1 heterocycles. The Kier molecular flexibility index (Phi) is 6.68. The highest BCUT2D eigenvalue weighted by Gasteiger charge is 2.33. The van der Waals surface area contributed by atoms with Crippen molar-refractivity contribution in [3.05, 3.63) is 88.2 Å². The van der Waals surface area contributed by atoms with E-state index in [4.69, 9.17) is 0 Å². The molecule has 0 saturated heterocycles. The third-order valence-electron chi connectivity index (χ3n) is 4.56. The Hall–Kier alpha value is -3.69. The summed E-state index contributed by atoms with van der Waals surface area (Å²) in [6.45, 7) is -1.99. The molecule has 1 amide bonds. The molecule has 1 aromatic heterocycles. The van der Waals surface area contributed by atoms with Gasteiger partial charge in [-0.25, -0.2) is 4.68 Å². The summed E-state index contributed by atoms with van der Waals surface area (Å²) in [7, 11) is 0. The van der Waals surface area contributed by atoms with E-state index in [1.807, 2.05) is 30.3 Å². The summed E-state index contributed by atoms with van der Waals surface area (Å²) in [6, 6.07) is 14.7. The number of para-hydroxylation sites is 2. The summed E-state index contributed by atoms with van der Waals surface area (Å²) in [5.74, 6) is -0.747. The summed E-state index contributed by atoms with van der Waals surface area (Å²) < 4.78 is 40.7.